The van der Waals surface area contributed by atoms with Gasteiger partial charge in [-0.15, -0.1) is 0 Å². The van der Waals surface area contributed by atoms with Gasteiger partial charge in [0.25, 0.3) is 5.91 Å². The molecule has 2 aromatic carbocycles. The number of nitrogens with one attached hydrogen (secondary N) is 2. The monoisotopic (exact) mass is 720 g/mol. The zero-order chi connectivity index (χ0) is 36.1. The highest BCUT2D eigenvalue weighted by atomic mass is 32.2. The third-order valence-corrected chi connectivity index (χ3v) is 12.0. The molecule has 1 saturated heterocycles. The molecular weight excluding hydrogens is 679 g/mol. The van der Waals surface area contributed by atoms with E-state index < -0.39 is 56.5 Å². The molecule has 3 aromatic rings. The Hall–Kier alpha value is -4.79. The molecule has 0 spiro atoms. The lowest BCUT2D eigenvalue weighted by Crippen LogP contribution is -2.57. The molecule has 51 heavy (non-hydrogen) atoms. The fraction of sp³-hybridized carbons (Fsp3) is 0.472. The van der Waals surface area contributed by atoms with Crippen LogP contribution in [0, 0.1) is 18.7 Å². The standard InChI is InChI=1S/C36H41FN6O7S/c1-21-29(49-3)15-14-27-30(21)38-31(22-9-8-11-24(37)17-22)39-33(27)50-25-18-28-32(44)40-36(34(45)41-51(47,48)26-12-13-26)19-23(36)10-6-4-5-7-16-42(2)35(46)43(28)20-25/h6,8-11,14-15,17,23,25-26,28H,4-5,7,12-13,16,18-20H2,1-3H3,(H,40,44)(H,41,45)/t23-,25-,28+,36-/m1/s1. The first-order valence-corrected chi connectivity index (χ1v) is 18.8. The van der Waals surface area contributed by atoms with Gasteiger partial charge >= 0.3 is 6.03 Å². The number of amides is 4. The minimum atomic E-state index is -3.86. The Kier molecular flexibility index (Phi) is 9.10. The Bertz CT molecular complexity index is 2040. The number of fused-ring (bicyclic) bond motifs is 3. The van der Waals surface area contributed by atoms with Crippen molar-refractivity contribution in [2.75, 3.05) is 27.2 Å². The Morgan fingerprint density at radius 3 is 2.69 bits per heavy atom. The van der Waals surface area contributed by atoms with Crippen molar-refractivity contribution in [3.63, 3.8) is 0 Å². The van der Waals surface area contributed by atoms with Gasteiger partial charge in [-0.1, -0.05) is 24.3 Å². The number of allylic oxidation sites excluding steroid dienone is 1. The van der Waals surface area contributed by atoms with Gasteiger partial charge in [-0.2, -0.15) is 4.98 Å². The number of carbonyl (C=O) groups excluding carboxylic acids is 3. The normalized spacial score (nSPS) is 25.5. The van der Waals surface area contributed by atoms with E-state index in [9.17, 15) is 27.2 Å². The van der Waals surface area contributed by atoms with Crippen molar-refractivity contribution >= 4 is 38.8 Å². The van der Waals surface area contributed by atoms with Crippen LogP contribution < -0.4 is 19.5 Å². The van der Waals surface area contributed by atoms with E-state index in [-0.39, 0.29) is 37.1 Å². The summed E-state index contributed by atoms with van der Waals surface area (Å²) in [5.74, 6) is -1.19. The highest BCUT2D eigenvalue weighted by molar-refractivity contribution is 7.91. The quantitative estimate of drug-likeness (QED) is 0.346. The zero-order valence-corrected chi connectivity index (χ0v) is 29.5. The van der Waals surface area contributed by atoms with Gasteiger partial charge in [0, 0.05) is 37.1 Å². The number of aryl methyl sites for hydroxylation is 1. The molecule has 4 amide bonds. The highest BCUT2D eigenvalue weighted by Gasteiger charge is 2.62. The summed E-state index contributed by atoms with van der Waals surface area (Å²) in [7, 11) is -0.627. The van der Waals surface area contributed by atoms with Crippen molar-refractivity contribution in [1.82, 2.24) is 29.8 Å². The number of rotatable bonds is 7. The Morgan fingerprint density at radius 2 is 1.94 bits per heavy atom. The summed E-state index contributed by atoms with van der Waals surface area (Å²) >= 11 is 0. The van der Waals surface area contributed by atoms with Gasteiger partial charge < -0.3 is 24.6 Å². The molecular formula is C36H41FN6O7S. The second-order valence-corrected chi connectivity index (χ2v) is 15.8. The van der Waals surface area contributed by atoms with E-state index in [1.54, 1.807) is 43.3 Å². The number of hydrogen-bond donors (Lipinski definition) is 2. The van der Waals surface area contributed by atoms with Crippen LogP contribution in [0.15, 0.2) is 48.6 Å². The van der Waals surface area contributed by atoms with Crippen LogP contribution in [-0.2, 0) is 19.6 Å². The van der Waals surface area contributed by atoms with Crippen LogP contribution in [0.1, 0.15) is 50.5 Å². The summed E-state index contributed by atoms with van der Waals surface area (Å²) < 4.78 is 54.0. The number of methoxy groups -OCH3 is 1. The summed E-state index contributed by atoms with van der Waals surface area (Å²) in [4.78, 5) is 54.1. The fourth-order valence-electron chi connectivity index (χ4n) is 7.01. The molecule has 4 atom stereocenters. The lowest BCUT2D eigenvalue weighted by atomic mass is 10.1. The van der Waals surface area contributed by atoms with Crippen molar-refractivity contribution in [1.29, 1.82) is 0 Å². The second kappa shape index (κ2) is 13.4. The molecule has 4 aliphatic rings. The number of sulfonamides is 1. The number of halogens is 1. The SMILES string of the molecule is COc1ccc2c(O[C@@H]3C[C@H]4C(=O)N[C@]5(C(=O)NS(=O)(=O)C6CC6)C[C@H]5C=CCCCCN(C)C(=O)N4C3)nc(-c3cccc(F)c3)nc2c1C. The summed E-state index contributed by atoms with van der Waals surface area (Å²) in [5.41, 5.74) is 0.230. The number of carbonyl (C=O) groups is 3. The maximum absolute atomic E-state index is 14.3. The molecule has 0 bridgehead atoms. The van der Waals surface area contributed by atoms with Gasteiger partial charge in [-0.3, -0.25) is 14.3 Å². The number of urea groups is 1. The second-order valence-electron chi connectivity index (χ2n) is 13.9. The molecule has 0 radical (unpaired) electrons. The van der Waals surface area contributed by atoms with E-state index in [1.165, 1.54) is 17.0 Å². The first-order valence-electron chi connectivity index (χ1n) is 17.2. The Labute approximate surface area is 295 Å². The predicted molar refractivity (Wildman–Crippen MR) is 186 cm³/mol. The highest BCUT2D eigenvalue weighted by Crippen LogP contribution is 2.46. The molecule has 15 heteroatoms. The van der Waals surface area contributed by atoms with Crippen LogP contribution >= 0.6 is 0 Å². The number of benzene rings is 2. The van der Waals surface area contributed by atoms with Crippen LogP contribution in [0.3, 0.4) is 0 Å². The van der Waals surface area contributed by atoms with E-state index in [1.807, 2.05) is 19.1 Å². The number of aromatic nitrogens is 2. The van der Waals surface area contributed by atoms with Crippen molar-refractivity contribution < 1.29 is 36.7 Å². The smallest absolute Gasteiger partial charge is 0.320 e. The summed E-state index contributed by atoms with van der Waals surface area (Å²) in [6.07, 6.45) is 6.63. The number of ether oxygens (including phenoxy) is 2. The molecule has 3 fully saturated rings. The van der Waals surface area contributed by atoms with Gasteiger partial charge in [0.15, 0.2) is 5.82 Å². The van der Waals surface area contributed by atoms with E-state index in [0.29, 0.717) is 48.0 Å². The lowest BCUT2D eigenvalue weighted by molar-refractivity contribution is -0.131. The van der Waals surface area contributed by atoms with Crippen molar-refractivity contribution in [3.8, 4) is 23.0 Å². The topological polar surface area (TPSA) is 160 Å². The Morgan fingerprint density at radius 1 is 1.14 bits per heavy atom. The van der Waals surface area contributed by atoms with Crippen LogP contribution in [-0.4, -0.2) is 96.2 Å². The maximum Gasteiger partial charge on any atom is 0.320 e. The molecule has 2 aliphatic heterocycles. The molecule has 13 nitrogen and oxygen atoms in total. The van der Waals surface area contributed by atoms with Gasteiger partial charge in [0.05, 0.1) is 29.8 Å². The van der Waals surface area contributed by atoms with Crippen molar-refractivity contribution in [3.05, 3.63) is 59.9 Å². The molecule has 0 unspecified atom stereocenters. The molecule has 2 N–H and O–H groups in total. The summed E-state index contributed by atoms with van der Waals surface area (Å²) in [6.45, 7) is 2.36. The Balaban J connectivity index is 1.21. The number of nitrogens with zero attached hydrogens (tertiary/aromatic N) is 4. The predicted octanol–water partition coefficient (Wildman–Crippen LogP) is 3.85. The summed E-state index contributed by atoms with van der Waals surface area (Å²) in [5, 5.41) is 2.82. The number of hydrogen-bond acceptors (Lipinski definition) is 9. The molecule has 2 aliphatic carbocycles. The minimum absolute atomic E-state index is 0.0375. The van der Waals surface area contributed by atoms with Gasteiger partial charge in [-0.25, -0.2) is 22.6 Å². The molecule has 7 rings (SSSR count). The van der Waals surface area contributed by atoms with Crippen molar-refractivity contribution in [2.24, 2.45) is 5.92 Å². The van der Waals surface area contributed by atoms with E-state index in [4.69, 9.17) is 14.5 Å². The first kappa shape index (κ1) is 34.6. The zero-order valence-electron chi connectivity index (χ0n) is 28.7. The van der Waals surface area contributed by atoms with E-state index in [0.717, 1.165) is 18.4 Å². The molecule has 3 heterocycles. The van der Waals surface area contributed by atoms with Crippen LogP contribution in [0.4, 0.5) is 9.18 Å². The van der Waals surface area contributed by atoms with Crippen molar-refractivity contribution in [2.45, 2.75) is 74.8 Å². The third kappa shape index (κ3) is 6.83. The summed E-state index contributed by atoms with van der Waals surface area (Å²) in [6, 6.07) is 8.04. The van der Waals surface area contributed by atoms with E-state index in [2.05, 4.69) is 15.0 Å². The molecule has 1 aromatic heterocycles. The van der Waals surface area contributed by atoms with Crippen LogP contribution in [0.25, 0.3) is 22.3 Å². The fourth-order valence-corrected chi connectivity index (χ4v) is 8.37. The largest absolute Gasteiger partial charge is 0.496 e. The van der Waals surface area contributed by atoms with Gasteiger partial charge in [-0.05, 0) is 69.7 Å². The van der Waals surface area contributed by atoms with Gasteiger partial charge in [0.1, 0.15) is 29.3 Å². The first-order chi connectivity index (χ1) is 24.4. The van der Waals surface area contributed by atoms with Gasteiger partial charge in [0.2, 0.25) is 21.8 Å². The van der Waals surface area contributed by atoms with Crippen LogP contribution in [0.5, 0.6) is 11.6 Å². The average Bonchev–Trinajstić information content (AvgIpc) is 4.03. The third-order valence-electron chi connectivity index (χ3n) is 10.2. The molecule has 270 valence electrons. The van der Waals surface area contributed by atoms with E-state index >= 15 is 0 Å². The maximum atomic E-state index is 14.3. The van der Waals surface area contributed by atoms with Crippen LogP contribution in [0.2, 0.25) is 0 Å². The lowest BCUT2D eigenvalue weighted by Gasteiger charge is -2.30. The molecule has 2 saturated carbocycles. The average molecular weight is 721 g/mol. The minimum Gasteiger partial charge on any atom is -0.496 e.